The number of nitriles is 1. The third kappa shape index (κ3) is 0.992. The molecule has 0 aliphatic carbocycles. The van der Waals surface area contributed by atoms with Crippen molar-refractivity contribution in [3.63, 3.8) is 0 Å². The molecular weight excluding hydrogens is 180 g/mol. The molecule has 0 aliphatic heterocycles. The summed E-state index contributed by atoms with van der Waals surface area (Å²) in [5, 5.41) is 17.0. The largest absolute Gasteiger partial charge is 0.382 e. The van der Waals surface area contributed by atoms with Crippen molar-refractivity contribution < 1.29 is 0 Å². The summed E-state index contributed by atoms with van der Waals surface area (Å²) >= 11 is 0. The minimum absolute atomic E-state index is 0.287. The first kappa shape index (κ1) is 8.44. The molecule has 0 amide bonds. The van der Waals surface area contributed by atoms with Crippen molar-refractivity contribution in [2.75, 3.05) is 5.73 Å². The van der Waals surface area contributed by atoms with Gasteiger partial charge >= 0.3 is 0 Å². The van der Waals surface area contributed by atoms with Crippen LogP contribution in [0.15, 0.2) is 0 Å². The lowest BCUT2D eigenvalue weighted by Gasteiger charge is -1.97. The molecule has 0 aromatic carbocycles. The van der Waals surface area contributed by atoms with Gasteiger partial charge in [-0.15, -0.1) is 9.73 Å². The van der Waals surface area contributed by atoms with Crippen LogP contribution in [0.3, 0.4) is 0 Å². The highest BCUT2D eigenvalue weighted by Crippen LogP contribution is 2.17. The molecule has 2 N–H and O–H groups in total. The second kappa shape index (κ2) is 2.67. The monoisotopic (exact) mass is 188 g/mol. The molecule has 0 fully saturated rings. The Morgan fingerprint density at radius 3 is 2.71 bits per heavy atom. The Morgan fingerprint density at radius 2 is 2.07 bits per heavy atom. The zero-order valence-electron chi connectivity index (χ0n) is 7.81. The Morgan fingerprint density at radius 1 is 1.36 bits per heavy atom. The van der Waals surface area contributed by atoms with E-state index in [4.69, 9.17) is 11.0 Å². The van der Waals surface area contributed by atoms with Crippen molar-refractivity contribution >= 4 is 11.3 Å². The van der Waals surface area contributed by atoms with E-state index < -0.39 is 0 Å². The van der Waals surface area contributed by atoms with E-state index >= 15 is 0 Å². The number of nitrogen functional groups attached to an aromatic ring is 1. The van der Waals surface area contributed by atoms with E-state index in [1.54, 1.807) is 13.8 Å². The number of nitrogens with zero attached hydrogens (tertiary/aromatic N) is 5. The minimum Gasteiger partial charge on any atom is -0.382 e. The molecule has 0 atom stereocenters. The molecule has 2 aromatic heterocycles. The number of anilines is 1. The molecule has 0 radical (unpaired) electrons. The SMILES string of the molecule is Cc1nc(N)c2c(C#N)c(C)nn2n1. The van der Waals surface area contributed by atoms with Crippen LogP contribution in [0.25, 0.3) is 5.52 Å². The highest BCUT2D eigenvalue weighted by Gasteiger charge is 2.13. The van der Waals surface area contributed by atoms with Gasteiger partial charge in [-0.1, -0.05) is 0 Å². The third-order valence-electron chi connectivity index (χ3n) is 1.92. The van der Waals surface area contributed by atoms with Crippen LogP contribution in [0.1, 0.15) is 17.1 Å². The summed E-state index contributed by atoms with van der Waals surface area (Å²) in [7, 11) is 0. The number of hydrogen-bond donors (Lipinski definition) is 1. The summed E-state index contributed by atoms with van der Waals surface area (Å²) in [6.45, 7) is 3.46. The Labute approximate surface area is 80.0 Å². The standard InChI is InChI=1S/C8H8N6/c1-4-6(3-9)7-8(10)11-5(2)13-14(7)12-4/h1-2H3,(H2,10,11,13). The Balaban J connectivity index is 2.97. The summed E-state index contributed by atoms with van der Waals surface area (Å²) in [6.07, 6.45) is 0. The highest BCUT2D eigenvalue weighted by atomic mass is 15.4. The van der Waals surface area contributed by atoms with Gasteiger partial charge in [-0.2, -0.15) is 10.4 Å². The van der Waals surface area contributed by atoms with Crippen LogP contribution in [0.5, 0.6) is 0 Å². The third-order valence-corrected chi connectivity index (χ3v) is 1.92. The summed E-state index contributed by atoms with van der Waals surface area (Å²) in [5.41, 5.74) is 7.21. The van der Waals surface area contributed by atoms with Crippen LogP contribution in [0, 0.1) is 25.2 Å². The fourth-order valence-electron chi connectivity index (χ4n) is 1.34. The molecular formula is C8H8N6. The van der Waals surface area contributed by atoms with Crippen molar-refractivity contribution in [3.05, 3.63) is 17.1 Å². The van der Waals surface area contributed by atoms with Crippen molar-refractivity contribution in [1.82, 2.24) is 19.8 Å². The second-order valence-corrected chi connectivity index (χ2v) is 2.95. The van der Waals surface area contributed by atoms with Gasteiger partial charge in [0.2, 0.25) is 0 Å². The van der Waals surface area contributed by atoms with Crippen molar-refractivity contribution in [2.45, 2.75) is 13.8 Å². The van der Waals surface area contributed by atoms with Gasteiger partial charge < -0.3 is 5.73 Å². The van der Waals surface area contributed by atoms with E-state index in [1.807, 2.05) is 6.07 Å². The predicted octanol–water partition coefficient (Wildman–Crippen LogP) is 0.195. The number of fused-ring (bicyclic) bond motifs is 1. The van der Waals surface area contributed by atoms with Crippen molar-refractivity contribution in [2.24, 2.45) is 0 Å². The number of nitrogens with two attached hydrogens (primary N) is 1. The molecule has 6 heteroatoms. The minimum atomic E-state index is 0.287. The van der Waals surface area contributed by atoms with E-state index in [9.17, 15) is 0 Å². The lowest BCUT2D eigenvalue weighted by molar-refractivity contribution is 0.750. The molecule has 0 aliphatic rings. The van der Waals surface area contributed by atoms with E-state index in [1.165, 1.54) is 4.63 Å². The number of aromatic nitrogens is 4. The zero-order chi connectivity index (χ0) is 10.3. The first-order valence-electron chi connectivity index (χ1n) is 4.03. The molecule has 0 unspecified atom stereocenters. The number of rotatable bonds is 0. The molecule has 0 saturated carbocycles. The summed E-state index contributed by atoms with van der Waals surface area (Å²) in [6, 6.07) is 2.04. The predicted molar refractivity (Wildman–Crippen MR) is 49.4 cm³/mol. The van der Waals surface area contributed by atoms with Gasteiger partial charge in [-0.25, -0.2) is 4.98 Å². The van der Waals surface area contributed by atoms with Crippen molar-refractivity contribution in [1.29, 1.82) is 5.26 Å². The van der Waals surface area contributed by atoms with Gasteiger partial charge in [0.15, 0.2) is 5.82 Å². The molecule has 2 aromatic rings. The molecule has 6 nitrogen and oxygen atoms in total. The van der Waals surface area contributed by atoms with E-state index in [0.29, 0.717) is 22.6 Å². The van der Waals surface area contributed by atoms with Crippen LogP contribution in [-0.2, 0) is 0 Å². The molecule has 0 spiro atoms. The Kier molecular flexibility index (Phi) is 1.61. The molecule has 0 saturated heterocycles. The summed E-state index contributed by atoms with van der Waals surface area (Å²) in [5.74, 6) is 0.816. The van der Waals surface area contributed by atoms with Crippen LogP contribution >= 0.6 is 0 Å². The van der Waals surface area contributed by atoms with Gasteiger partial charge in [-0.05, 0) is 13.8 Å². The second-order valence-electron chi connectivity index (χ2n) is 2.95. The lowest BCUT2D eigenvalue weighted by atomic mass is 10.2. The smallest absolute Gasteiger partial charge is 0.154 e. The van der Waals surface area contributed by atoms with Crippen LogP contribution in [0.4, 0.5) is 5.82 Å². The maximum atomic E-state index is 8.88. The van der Waals surface area contributed by atoms with Crippen LogP contribution in [-0.4, -0.2) is 19.8 Å². The van der Waals surface area contributed by atoms with Gasteiger partial charge in [0.1, 0.15) is 23.0 Å². The molecule has 2 rings (SSSR count). The lowest BCUT2D eigenvalue weighted by Crippen LogP contribution is -2.04. The Bertz CT molecular complexity index is 547. The fourth-order valence-corrected chi connectivity index (χ4v) is 1.34. The van der Waals surface area contributed by atoms with Crippen LogP contribution < -0.4 is 5.73 Å². The molecule has 2 heterocycles. The van der Waals surface area contributed by atoms with Crippen molar-refractivity contribution in [3.8, 4) is 6.07 Å². The summed E-state index contributed by atoms with van der Waals surface area (Å²) < 4.78 is 1.35. The van der Waals surface area contributed by atoms with E-state index in [-0.39, 0.29) is 5.82 Å². The maximum Gasteiger partial charge on any atom is 0.154 e. The van der Waals surface area contributed by atoms with Gasteiger partial charge in [0.05, 0.1) is 5.69 Å². The normalized spacial score (nSPS) is 10.4. The number of aryl methyl sites for hydroxylation is 2. The summed E-state index contributed by atoms with van der Waals surface area (Å²) in [4.78, 5) is 3.98. The van der Waals surface area contributed by atoms with E-state index in [2.05, 4.69) is 15.2 Å². The van der Waals surface area contributed by atoms with Gasteiger partial charge in [0.25, 0.3) is 0 Å². The quantitative estimate of drug-likeness (QED) is 0.637. The Hall–Kier alpha value is -2.16. The average molecular weight is 188 g/mol. The number of hydrogen-bond acceptors (Lipinski definition) is 5. The fraction of sp³-hybridized carbons (Fsp3) is 0.250. The molecule has 14 heavy (non-hydrogen) atoms. The highest BCUT2D eigenvalue weighted by molar-refractivity contribution is 5.74. The maximum absolute atomic E-state index is 8.88. The zero-order valence-corrected chi connectivity index (χ0v) is 7.81. The van der Waals surface area contributed by atoms with Gasteiger partial charge in [0, 0.05) is 0 Å². The topological polar surface area (TPSA) is 92.9 Å². The van der Waals surface area contributed by atoms with Crippen LogP contribution in [0.2, 0.25) is 0 Å². The first-order chi connectivity index (χ1) is 6.63. The van der Waals surface area contributed by atoms with Gasteiger partial charge in [-0.3, -0.25) is 0 Å². The molecule has 0 bridgehead atoms. The first-order valence-corrected chi connectivity index (χ1v) is 4.03. The van der Waals surface area contributed by atoms with E-state index in [0.717, 1.165) is 0 Å². The molecule has 70 valence electrons. The average Bonchev–Trinajstić information content (AvgIpc) is 2.40.